The molecular formula is C13H20ClNO2. The van der Waals surface area contributed by atoms with E-state index in [1.165, 1.54) is 0 Å². The number of rotatable bonds is 8. The fourth-order valence-corrected chi connectivity index (χ4v) is 1.74. The minimum Gasteiger partial charge on any atom is -0.496 e. The van der Waals surface area contributed by atoms with E-state index in [-0.39, 0.29) is 0 Å². The van der Waals surface area contributed by atoms with Crippen LogP contribution in [0.2, 0.25) is 5.02 Å². The molecular weight excluding hydrogens is 238 g/mol. The van der Waals surface area contributed by atoms with Gasteiger partial charge in [0.1, 0.15) is 5.75 Å². The Morgan fingerprint density at radius 3 is 2.82 bits per heavy atom. The van der Waals surface area contributed by atoms with E-state index >= 15 is 0 Å². The molecule has 0 aliphatic carbocycles. The largest absolute Gasteiger partial charge is 0.496 e. The van der Waals surface area contributed by atoms with Gasteiger partial charge < -0.3 is 14.8 Å². The minimum absolute atomic E-state index is 0.683. The molecule has 0 saturated carbocycles. The van der Waals surface area contributed by atoms with Gasteiger partial charge in [0.05, 0.1) is 20.3 Å². The lowest BCUT2D eigenvalue weighted by molar-refractivity contribution is 0.139. The molecule has 3 nitrogen and oxygen atoms in total. The maximum Gasteiger partial charge on any atom is 0.122 e. The summed E-state index contributed by atoms with van der Waals surface area (Å²) in [5.41, 5.74) is 1.09. The number of likely N-dealkylation sites (N-methyl/N-ethyl adjacent to an activating group) is 1. The molecule has 0 spiro atoms. The van der Waals surface area contributed by atoms with Crippen molar-refractivity contribution in [1.82, 2.24) is 5.32 Å². The van der Waals surface area contributed by atoms with Gasteiger partial charge in [-0.15, -0.1) is 0 Å². The average Bonchev–Trinajstić information content (AvgIpc) is 2.34. The van der Waals surface area contributed by atoms with E-state index in [2.05, 4.69) is 12.2 Å². The topological polar surface area (TPSA) is 30.5 Å². The quantitative estimate of drug-likeness (QED) is 0.726. The summed E-state index contributed by atoms with van der Waals surface area (Å²) in [6, 6.07) is 5.64. The lowest BCUT2D eigenvalue weighted by Gasteiger charge is -2.09. The van der Waals surface area contributed by atoms with Gasteiger partial charge in [0.25, 0.3) is 0 Å². The highest BCUT2D eigenvalue weighted by molar-refractivity contribution is 6.30. The van der Waals surface area contributed by atoms with Crippen molar-refractivity contribution in [3.8, 4) is 5.75 Å². The third-order valence-electron chi connectivity index (χ3n) is 2.43. The second-order valence-corrected chi connectivity index (χ2v) is 4.11. The minimum atomic E-state index is 0.683. The molecule has 0 aliphatic rings. The molecule has 96 valence electrons. The average molecular weight is 258 g/mol. The van der Waals surface area contributed by atoms with Crippen molar-refractivity contribution >= 4 is 11.6 Å². The second-order valence-electron chi connectivity index (χ2n) is 3.67. The maximum absolute atomic E-state index is 5.95. The second kappa shape index (κ2) is 8.34. The first-order valence-corrected chi connectivity index (χ1v) is 6.26. The normalized spacial score (nSPS) is 10.5. The molecule has 17 heavy (non-hydrogen) atoms. The Labute approximate surface area is 108 Å². The fourth-order valence-electron chi connectivity index (χ4n) is 1.55. The van der Waals surface area contributed by atoms with Gasteiger partial charge in [0.15, 0.2) is 0 Å². The molecule has 1 rings (SSSR count). The number of benzene rings is 1. The van der Waals surface area contributed by atoms with E-state index in [4.69, 9.17) is 21.1 Å². The van der Waals surface area contributed by atoms with E-state index in [0.29, 0.717) is 6.61 Å². The molecule has 4 heteroatoms. The Kier molecular flexibility index (Phi) is 7.01. The predicted octanol–water partition coefficient (Wildman–Crippen LogP) is 2.52. The smallest absolute Gasteiger partial charge is 0.122 e. The van der Waals surface area contributed by atoms with E-state index < -0.39 is 0 Å². The fraction of sp³-hybridized carbons (Fsp3) is 0.538. The molecule has 0 saturated heterocycles. The van der Waals surface area contributed by atoms with Crippen LogP contribution in [0.15, 0.2) is 18.2 Å². The van der Waals surface area contributed by atoms with Crippen LogP contribution in [-0.4, -0.2) is 33.4 Å². The van der Waals surface area contributed by atoms with Gasteiger partial charge in [-0.2, -0.15) is 0 Å². The Morgan fingerprint density at radius 2 is 2.12 bits per heavy atom. The van der Waals surface area contributed by atoms with Crippen molar-refractivity contribution in [3.05, 3.63) is 28.8 Å². The van der Waals surface area contributed by atoms with E-state index in [9.17, 15) is 0 Å². The van der Waals surface area contributed by atoms with Crippen molar-refractivity contribution in [2.24, 2.45) is 0 Å². The van der Waals surface area contributed by atoms with Crippen LogP contribution < -0.4 is 10.1 Å². The van der Waals surface area contributed by atoms with Crippen molar-refractivity contribution in [1.29, 1.82) is 0 Å². The molecule has 1 N–H and O–H groups in total. The zero-order chi connectivity index (χ0) is 12.5. The zero-order valence-electron chi connectivity index (χ0n) is 10.5. The molecule has 0 amide bonds. The monoisotopic (exact) mass is 257 g/mol. The Morgan fingerprint density at radius 1 is 1.29 bits per heavy atom. The highest BCUT2D eigenvalue weighted by atomic mass is 35.5. The van der Waals surface area contributed by atoms with E-state index in [0.717, 1.165) is 42.5 Å². The van der Waals surface area contributed by atoms with E-state index in [1.807, 2.05) is 18.2 Å². The SMILES string of the molecule is CCNCCOCCc1cc(Cl)ccc1OC. The molecule has 0 heterocycles. The van der Waals surface area contributed by atoms with Crippen molar-refractivity contribution < 1.29 is 9.47 Å². The number of ether oxygens (including phenoxy) is 2. The molecule has 0 radical (unpaired) electrons. The summed E-state index contributed by atoms with van der Waals surface area (Å²) in [5, 5.41) is 3.94. The molecule has 0 fully saturated rings. The van der Waals surface area contributed by atoms with Crippen LogP contribution in [0.1, 0.15) is 12.5 Å². The zero-order valence-corrected chi connectivity index (χ0v) is 11.2. The van der Waals surface area contributed by atoms with Crippen LogP contribution >= 0.6 is 11.6 Å². The molecule has 0 atom stereocenters. The molecule has 1 aromatic carbocycles. The number of nitrogens with one attached hydrogen (secondary N) is 1. The summed E-state index contributed by atoms with van der Waals surface area (Å²) < 4.78 is 10.8. The summed E-state index contributed by atoms with van der Waals surface area (Å²) in [6.45, 7) is 5.37. The number of hydrogen-bond donors (Lipinski definition) is 1. The van der Waals surface area contributed by atoms with Gasteiger partial charge in [0, 0.05) is 11.6 Å². The molecule has 0 bridgehead atoms. The molecule has 1 aromatic rings. The number of halogens is 1. The third kappa shape index (κ3) is 5.39. The number of hydrogen-bond acceptors (Lipinski definition) is 3. The first-order chi connectivity index (χ1) is 8.27. The van der Waals surface area contributed by atoms with Crippen molar-refractivity contribution in [3.63, 3.8) is 0 Å². The summed E-state index contributed by atoms with van der Waals surface area (Å²) in [7, 11) is 1.67. The van der Waals surface area contributed by atoms with Crippen LogP contribution in [-0.2, 0) is 11.2 Å². The van der Waals surface area contributed by atoms with Gasteiger partial charge >= 0.3 is 0 Å². The third-order valence-corrected chi connectivity index (χ3v) is 2.67. The Bertz CT molecular complexity index is 331. The Hall–Kier alpha value is -0.770. The van der Waals surface area contributed by atoms with Crippen molar-refractivity contribution in [2.45, 2.75) is 13.3 Å². The summed E-state index contributed by atoms with van der Waals surface area (Å²) >= 11 is 5.95. The van der Waals surface area contributed by atoms with Gasteiger partial charge in [0.2, 0.25) is 0 Å². The van der Waals surface area contributed by atoms with Crippen LogP contribution in [0, 0.1) is 0 Å². The summed E-state index contributed by atoms with van der Waals surface area (Å²) in [4.78, 5) is 0. The van der Waals surface area contributed by atoms with Crippen molar-refractivity contribution in [2.75, 3.05) is 33.4 Å². The Balaban J connectivity index is 2.32. The molecule has 0 unspecified atom stereocenters. The number of methoxy groups -OCH3 is 1. The predicted molar refractivity (Wildman–Crippen MR) is 71.1 cm³/mol. The van der Waals surface area contributed by atoms with Crippen LogP contribution in [0.3, 0.4) is 0 Å². The van der Waals surface area contributed by atoms with Gasteiger partial charge in [-0.05, 0) is 36.7 Å². The molecule has 0 aliphatic heterocycles. The maximum atomic E-state index is 5.95. The summed E-state index contributed by atoms with van der Waals surface area (Å²) in [5.74, 6) is 0.865. The van der Waals surface area contributed by atoms with Gasteiger partial charge in [-0.1, -0.05) is 18.5 Å². The summed E-state index contributed by atoms with van der Waals surface area (Å²) in [6.07, 6.45) is 0.815. The highest BCUT2D eigenvalue weighted by Gasteiger charge is 2.03. The first-order valence-electron chi connectivity index (χ1n) is 5.88. The lowest BCUT2D eigenvalue weighted by atomic mass is 10.1. The molecule has 0 aromatic heterocycles. The van der Waals surface area contributed by atoms with Gasteiger partial charge in [-0.25, -0.2) is 0 Å². The lowest BCUT2D eigenvalue weighted by Crippen LogP contribution is -2.19. The van der Waals surface area contributed by atoms with E-state index in [1.54, 1.807) is 7.11 Å². The first kappa shape index (κ1) is 14.3. The van der Waals surface area contributed by atoms with Crippen LogP contribution in [0.4, 0.5) is 0 Å². The standard InChI is InChI=1S/C13H20ClNO2/c1-3-15-7-9-17-8-6-11-10-12(14)4-5-13(11)16-2/h4-5,10,15H,3,6-9H2,1-2H3. The van der Waals surface area contributed by atoms with Gasteiger partial charge in [-0.3, -0.25) is 0 Å². The van der Waals surface area contributed by atoms with Crippen LogP contribution in [0.5, 0.6) is 5.75 Å². The highest BCUT2D eigenvalue weighted by Crippen LogP contribution is 2.22. The van der Waals surface area contributed by atoms with Crippen LogP contribution in [0.25, 0.3) is 0 Å².